The van der Waals surface area contributed by atoms with Gasteiger partial charge in [0.05, 0.1) is 6.54 Å². The van der Waals surface area contributed by atoms with Gasteiger partial charge in [0.15, 0.2) is 0 Å². The van der Waals surface area contributed by atoms with E-state index in [0.717, 1.165) is 27.5 Å². The van der Waals surface area contributed by atoms with Gasteiger partial charge in [-0.2, -0.15) is 0 Å². The largest absolute Gasteiger partial charge is 0.459 e. The van der Waals surface area contributed by atoms with E-state index in [2.05, 4.69) is 6.92 Å². The summed E-state index contributed by atoms with van der Waals surface area (Å²) in [6.07, 6.45) is 2.49. The summed E-state index contributed by atoms with van der Waals surface area (Å²) < 4.78 is 5.88. The number of aryl methyl sites for hydroxylation is 2. The fourth-order valence-electron chi connectivity index (χ4n) is 2.62. The maximum Gasteiger partial charge on any atom is 0.135 e. The Hall–Kier alpha value is -0.990. The van der Waals surface area contributed by atoms with E-state index in [9.17, 15) is 0 Å². The molecule has 0 saturated heterocycles. The number of furan rings is 1. The van der Waals surface area contributed by atoms with E-state index >= 15 is 0 Å². The number of rotatable bonds is 2. The Bertz CT molecular complexity index is 596. The van der Waals surface area contributed by atoms with Gasteiger partial charge in [-0.3, -0.25) is 0 Å². The second kappa shape index (κ2) is 3.76. The SMILES string of the molecule is Cc1cc2oc(CN)c(C3CC3)c2c(C)c1Cl. The molecule has 0 bridgehead atoms. The highest BCUT2D eigenvalue weighted by molar-refractivity contribution is 6.33. The van der Waals surface area contributed by atoms with Crippen molar-refractivity contribution in [2.75, 3.05) is 0 Å². The van der Waals surface area contributed by atoms with Crippen LogP contribution in [0.5, 0.6) is 0 Å². The average Bonchev–Trinajstić information content (AvgIpc) is 3.08. The Labute approximate surface area is 106 Å². The van der Waals surface area contributed by atoms with Crippen molar-refractivity contribution in [2.45, 2.75) is 39.2 Å². The van der Waals surface area contributed by atoms with E-state index in [4.69, 9.17) is 21.8 Å². The van der Waals surface area contributed by atoms with Gasteiger partial charge in [0.25, 0.3) is 0 Å². The lowest BCUT2D eigenvalue weighted by atomic mass is 10.00. The van der Waals surface area contributed by atoms with Crippen LogP contribution in [0.1, 0.15) is 41.2 Å². The van der Waals surface area contributed by atoms with Gasteiger partial charge in [-0.15, -0.1) is 0 Å². The van der Waals surface area contributed by atoms with Crippen LogP contribution in [0, 0.1) is 13.8 Å². The third-order valence-electron chi connectivity index (χ3n) is 3.62. The zero-order chi connectivity index (χ0) is 12.2. The Kier molecular flexibility index (Phi) is 2.46. The molecule has 1 saturated carbocycles. The summed E-state index contributed by atoms with van der Waals surface area (Å²) in [6, 6.07) is 2.02. The van der Waals surface area contributed by atoms with Crippen molar-refractivity contribution in [3.05, 3.63) is 33.5 Å². The Morgan fingerprint density at radius 1 is 1.41 bits per heavy atom. The number of hydrogen-bond acceptors (Lipinski definition) is 2. The molecule has 2 aromatic rings. The molecule has 0 atom stereocenters. The summed E-state index contributed by atoms with van der Waals surface area (Å²) in [5.74, 6) is 1.57. The number of benzene rings is 1. The molecule has 2 nitrogen and oxygen atoms in total. The summed E-state index contributed by atoms with van der Waals surface area (Å²) in [6.45, 7) is 4.55. The fourth-order valence-corrected chi connectivity index (χ4v) is 2.77. The van der Waals surface area contributed by atoms with Gasteiger partial charge in [-0.1, -0.05) is 11.6 Å². The van der Waals surface area contributed by atoms with E-state index in [1.165, 1.54) is 23.8 Å². The summed E-state index contributed by atoms with van der Waals surface area (Å²) in [5, 5.41) is 2.05. The minimum absolute atomic E-state index is 0.469. The van der Waals surface area contributed by atoms with Crippen molar-refractivity contribution in [3.63, 3.8) is 0 Å². The van der Waals surface area contributed by atoms with Crippen LogP contribution in [-0.4, -0.2) is 0 Å². The first-order chi connectivity index (χ1) is 8.13. The molecule has 0 spiro atoms. The molecule has 1 aliphatic carbocycles. The maximum atomic E-state index is 6.33. The Morgan fingerprint density at radius 3 is 2.71 bits per heavy atom. The van der Waals surface area contributed by atoms with Gasteiger partial charge in [0.1, 0.15) is 11.3 Å². The van der Waals surface area contributed by atoms with E-state index in [1.54, 1.807) is 0 Å². The molecule has 1 aromatic carbocycles. The molecule has 2 N–H and O–H groups in total. The number of hydrogen-bond donors (Lipinski definition) is 1. The van der Waals surface area contributed by atoms with Gasteiger partial charge in [-0.25, -0.2) is 0 Å². The molecule has 1 aliphatic rings. The lowest BCUT2D eigenvalue weighted by Crippen LogP contribution is -1.97. The summed E-state index contributed by atoms with van der Waals surface area (Å²) in [4.78, 5) is 0. The van der Waals surface area contributed by atoms with E-state index < -0.39 is 0 Å². The molecule has 90 valence electrons. The molecule has 17 heavy (non-hydrogen) atoms. The highest BCUT2D eigenvalue weighted by Crippen LogP contribution is 2.48. The average molecular weight is 250 g/mol. The second-order valence-corrected chi connectivity index (χ2v) is 5.30. The molecule has 3 heteroatoms. The second-order valence-electron chi connectivity index (χ2n) is 4.92. The van der Waals surface area contributed by atoms with Gasteiger partial charge in [0.2, 0.25) is 0 Å². The zero-order valence-corrected chi connectivity index (χ0v) is 10.9. The predicted molar refractivity (Wildman–Crippen MR) is 70.6 cm³/mol. The highest BCUT2D eigenvalue weighted by atomic mass is 35.5. The van der Waals surface area contributed by atoms with E-state index in [-0.39, 0.29) is 0 Å². The lowest BCUT2D eigenvalue weighted by molar-refractivity contribution is 0.545. The molecular weight excluding hydrogens is 234 g/mol. The normalized spacial score (nSPS) is 15.8. The first kappa shape index (κ1) is 11.1. The zero-order valence-electron chi connectivity index (χ0n) is 10.1. The van der Waals surface area contributed by atoms with Gasteiger partial charge >= 0.3 is 0 Å². The van der Waals surface area contributed by atoms with Crippen LogP contribution in [0.2, 0.25) is 5.02 Å². The number of halogens is 1. The molecule has 1 aromatic heterocycles. The van der Waals surface area contributed by atoms with Gasteiger partial charge < -0.3 is 10.2 Å². The minimum Gasteiger partial charge on any atom is -0.459 e. The van der Waals surface area contributed by atoms with Crippen LogP contribution in [0.15, 0.2) is 10.5 Å². The number of fused-ring (bicyclic) bond motifs is 1. The maximum absolute atomic E-state index is 6.33. The first-order valence-corrected chi connectivity index (χ1v) is 6.42. The summed E-state index contributed by atoms with van der Waals surface area (Å²) in [7, 11) is 0. The molecular formula is C14H16ClNO. The molecule has 3 rings (SSSR count). The predicted octanol–water partition coefficient (Wildman–Crippen LogP) is 4.04. The van der Waals surface area contributed by atoms with Gasteiger partial charge in [0, 0.05) is 16.0 Å². The molecule has 0 aliphatic heterocycles. The van der Waals surface area contributed by atoms with Crippen molar-refractivity contribution in [1.29, 1.82) is 0 Å². The van der Waals surface area contributed by atoms with E-state index in [0.29, 0.717) is 12.5 Å². The smallest absolute Gasteiger partial charge is 0.135 e. The first-order valence-electron chi connectivity index (χ1n) is 6.04. The fraction of sp³-hybridized carbons (Fsp3) is 0.429. The Balaban J connectivity index is 2.39. The van der Waals surface area contributed by atoms with Crippen LogP contribution in [-0.2, 0) is 6.54 Å². The standard InChI is InChI=1S/C14H16ClNO/c1-7-5-10-12(8(2)14(7)15)13(9-3-4-9)11(6-16)17-10/h5,9H,3-4,6,16H2,1-2H3. The van der Waals surface area contributed by atoms with Crippen LogP contribution < -0.4 is 5.73 Å². The molecule has 1 fully saturated rings. The van der Waals surface area contributed by atoms with E-state index in [1.807, 2.05) is 13.0 Å². The minimum atomic E-state index is 0.469. The summed E-state index contributed by atoms with van der Waals surface area (Å²) >= 11 is 6.33. The van der Waals surface area contributed by atoms with Crippen molar-refractivity contribution in [3.8, 4) is 0 Å². The van der Waals surface area contributed by atoms with Gasteiger partial charge in [-0.05, 0) is 49.8 Å². The van der Waals surface area contributed by atoms with Crippen molar-refractivity contribution < 1.29 is 4.42 Å². The van der Waals surface area contributed by atoms with Crippen molar-refractivity contribution in [1.82, 2.24) is 0 Å². The monoisotopic (exact) mass is 249 g/mol. The third kappa shape index (κ3) is 1.59. The molecule has 0 unspecified atom stereocenters. The number of nitrogens with two attached hydrogens (primary N) is 1. The third-order valence-corrected chi connectivity index (χ3v) is 4.20. The van der Waals surface area contributed by atoms with Crippen molar-refractivity contribution >= 4 is 22.6 Å². The molecule has 0 amide bonds. The molecule has 1 heterocycles. The van der Waals surface area contributed by atoms with Crippen molar-refractivity contribution in [2.24, 2.45) is 5.73 Å². The topological polar surface area (TPSA) is 39.2 Å². The lowest BCUT2D eigenvalue weighted by Gasteiger charge is -2.05. The Morgan fingerprint density at radius 2 is 2.12 bits per heavy atom. The van der Waals surface area contributed by atoms with Crippen LogP contribution in [0.4, 0.5) is 0 Å². The quantitative estimate of drug-likeness (QED) is 0.873. The highest BCUT2D eigenvalue weighted by Gasteiger charge is 2.31. The molecule has 0 radical (unpaired) electrons. The van der Waals surface area contributed by atoms with Crippen LogP contribution in [0.3, 0.4) is 0 Å². The van der Waals surface area contributed by atoms with Crippen LogP contribution >= 0.6 is 11.6 Å². The van der Waals surface area contributed by atoms with Crippen LogP contribution in [0.25, 0.3) is 11.0 Å². The summed E-state index contributed by atoms with van der Waals surface area (Å²) in [5.41, 5.74) is 10.2.